The van der Waals surface area contributed by atoms with Gasteiger partial charge in [0.25, 0.3) is 0 Å². The first-order valence-corrected chi connectivity index (χ1v) is 6.08. The quantitative estimate of drug-likeness (QED) is 0.534. The molecule has 80 valence electrons. The lowest BCUT2D eigenvalue weighted by molar-refractivity contribution is 1.29. The topological polar surface area (TPSA) is 0 Å². The third kappa shape index (κ3) is 1.38. The first-order valence-electron chi connectivity index (χ1n) is 4.57. The minimum Gasteiger partial charge on any atom is -0.0827 e. The van der Waals surface area contributed by atoms with Gasteiger partial charge in [-0.1, -0.05) is 46.4 Å². The van der Waals surface area contributed by atoms with Gasteiger partial charge in [-0.05, 0) is 45.1 Å². The zero-order chi connectivity index (χ0) is 11.4. The number of hydrogen-bond donors (Lipinski definition) is 0. The Morgan fingerprint density at radius 1 is 0.438 bits per heavy atom. The molecule has 0 aromatic heterocycles. The van der Waals surface area contributed by atoms with E-state index in [9.17, 15) is 0 Å². The standard InChI is InChI=1S/C12H4Cl4/c13-9-1-5-6(2-10(9)14)8-4-12(16)11(15)3-7(5)8/h1-4H. The Labute approximate surface area is 111 Å². The van der Waals surface area contributed by atoms with Gasteiger partial charge < -0.3 is 0 Å². The average Bonchev–Trinajstić information content (AvgIpc) is 2.26. The fraction of sp³-hybridized carbons (Fsp3) is 0. The fourth-order valence-corrected chi connectivity index (χ4v) is 2.58. The van der Waals surface area contributed by atoms with E-state index in [1.807, 2.05) is 24.3 Å². The molecule has 0 saturated heterocycles. The van der Waals surface area contributed by atoms with Crippen LogP contribution in [0.25, 0.3) is 0 Å². The summed E-state index contributed by atoms with van der Waals surface area (Å²) in [7, 11) is 0. The van der Waals surface area contributed by atoms with Gasteiger partial charge in [0.2, 0.25) is 0 Å². The van der Waals surface area contributed by atoms with Crippen LogP contribution in [0.5, 0.6) is 0 Å². The van der Waals surface area contributed by atoms with Gasteiger partial charge in [0, 0.05) is 0 Å². The van der Waals surface area contributed by atoms with E-state index in [-0.39, 0.29) is 0 Å². The van der Waals surface area contributed by atoms with E-state index >= 15 is 0 Å². The normalized spacial score (nSPS) is 11.8. The second-order valence-corrected chi connectivity index (χ2v) is 5.25. The van der Waals surface area contributed by atoms with E-state index in [1.165, 1.54) is 0 Å². The average molecular weight is 290 g/mol. The third-order valence-electron chi connectivity index (χ3n) is 2.70. The summed E-state index contributed by atoms with van der Waals surface area (Å²) in [5.41, 5.74) is 0. The maximum atomic E-state index is 5.97. The first kappa shape index (κ1) is 10.7. The Kier molecular flexibility index (Phi) is 2.38. The zero-order valence-corrected chi connectivity index (χ0v) is 10.8. The monoisotopic (exact) mass is 288 g/mol. The second-order valence-electron chi connectivity index (χ2n) is 3.62. The SMILES string of the molecule is Clc1cc2c(cc1Cl)=c1cc(Cl)c(Cl)cc1=2. The Bertz CT molecular complexity index is 635. The van der Waals surface area contributed by atoms with Crippen molar-refractivity contribution < 1.29 is 0 Å². The van der Waals surface area contributed by atoms with Gasteiger partial charge in [-0.3, -0.25) is 0 Å². The maximum Gasteiger partial charge on any atom is 0.0598 e. The fourth-order valence-electron chi connectivity index (χ4n) is 1.92. The molecule has 0 amide bonds. The summed E-state index contributed by atoms with van der Waals surface area (Å²) in [6.07, 6.45) is 0. The van der Waals surface area contributed by atoms with Crippen LogP contribution < -0.4 is 0 Å². The maximum absolute atomic E-state index is 5.97. The first-order chi connectivity index (χ1) is 7.58. The summed E-state index contributed by atoms with van der Waals surface area (Å²) in [5.74, 6) is 0. The van der Waals surface area contributed by atoms with Crippen LogP contribution in [-0.4, -0.2) is 0 Å². The highest BCUT2D eigenvalue weighted by Gasteiger charge is 2.08. The molecule has 0 atom stereocenters. The van der Waals surface area contributed by atoms with Crippen molar-refractivity contribution in [2.24, 2.45) is 0 Å². The highest BCUT2D eigenvalue weighted by molar-refractivity contribution is 6.42. The lowest BCUT2D eigenvalue weighted by atomic mass is 10.0. The minimum atomic E-state index is 0.553. The molecule has 0 unspecified atom stereocenters. The van der Waals surface area contributed by atoms with Crippen molar-refractivity contribution in [1.29, 1.82) is 0 Å². The molecule has 2 aromatic carbocycles. The second kappa shape index (κ2) is 3.54. The molecule has 0 heterocycles. The van der Waals surface area contributed by atoms with Crippen LogP contribution in [0.3, 0.4) is 0 Å². The van der Waals surface area contributed by atoms with Gasteiger partial charge >= 0.3 is 0 Å². The molecule has 0 saturated carbocycles. The lowest BCUT2D eigenvalue weighted by Gasteiger charge is -2.07. The van der Waals surface area contributed by atoms with Crippen molar-refractivity contribution in [1.82, 2.24) is 0 Å². The summed E-state index contributed by atoms with van der Waals surface area (Å²) in [6, 6.07) is 7.41. The van der Waals surface area contributed by atoms with E-state index in [4.69, 9.17) is 46.4 Å². The highest BCUT2D eigenvalue weighted by atomic mass is 35.5. The molecule has 1 aliphatic carbocycles. The van der Waals surface area contributed by atoms with Crippen LogP contribution in [0.15, 0.2) is 24.3 Å². The molecule has 0 bridgehead atoms. The molecular weight excluding hydrogens is 286 g/mol. The Balaban J connectivity index is 2.55. The van der Waals surface area contributed by atoms with Crippen molar-refractivity contribution in [2.75, 3.05) is 0 Å². The van der Waals surface area contributed by atoms with Crippen LogP contribution in [0, 0.1) is 20.9 Å². The van der Waals surface area contributed by atoms with Crippen LogP contribution in [-0.2, 0) is 0 Å². The van der Waals surface area contributed by atoms with Crippen molar-refractivity contribution in [3.63, 3.8) is 0 Å². The van der Waals surface area contributed by atoms with E-state index < -0.39 is 0 Å². The highest BCUT2D eigenvalue weighted by Crippen LogP contribution is 2.29. The summed E-state index contributed by atoms with van der Waals surface area (Å²) >= 11 is 23.9. The van der Waals surface area contributed by atoms with E-state index in [0.717, 1.165) is 20.9 Å². The molecule has 0 aliphatic heterocycles. The molecular formula is C12H4Cl4. The molecule has 3 rings (SSSR count). The number of rotatable bonds is 0. The van der Waals surface area contributed by atoms with Gasteiger partial charge in [0.1, 0.15) is 0 Å². The van der Waals surface area contributed by atoms with Gasteiger partial charge in [-0.2, -0.15) is 0 Å². The zero-order valence-electron chi connectivity index (χ0n) is 7.82. The van der Waals surface area contributed by atoms with Crippen LogP contribution in [0.2, 0.25) is 20.1 Å². The molecule has 0 nitrogen and oxygen atoms in total. The van der Waals surface area contributed by atoms with Crippen molar-refractivity contribution >= 4 is 46.4 Å². The minimum absolute atomic E-state index is 0.553. The number of fused-ring (bicyclic) bond motifs is 2. The van der Waals surface area contributed by atoms with E-state index in [1.54, 1.807) is 0 Å². The Hall–Kier alpha value is -0.400. The van der Waals surface area contributed by atoms with E-state index in [2.05, 4.69) is 0 Å². The van der Waals surface area contributed by atoms with Gasteiger partial charge in [-0.15, -0.1) is 0 Å². The Morgan fingerprint density at radius 2 is 0.625 bits per heavy atom. The van der Waals surface area contributed by atoms with Crippen molar-refractivity contribution in [2.45, 2.75) is 0 Å². The summed E-state index contributed by atoms with van der Waals surface area (Å²) < 4.78 is 0. The third-order valence-corrected chi connectivity index (χ3v) is 4.15. The van der Waals surface area contributed by atoms with Crippen molar-refractivity contribution in [3.05, 3.63) is 65.2 Å². The number of hydrogen-bond acceptors (Lipinski definition) is 0. The van der Waals surface area contributed by atoms with Crippen molar-refractivity contribution in [3.8, 4) is 0 Å². The van der Waals surface area contributed by atoms with Gasteiger partial charge in [-0.25, -0.2) is 0 Å². The molecule has 16 heavy (non-hydrogen) atoms. The number of halogens is 4. The summed E-state index contributed by atoms with van der Waals surface area (Å²) in [6.45, 7) is 0. The van der Waals surface area contributed by atoms with Crippen LogP contribution in [0.1, 0.15) is 0 Å². The number of benzene rings is 2. The predicted molar refractivity (Wildman–Crippen MR) is 68.3 cm³/mol. The summed E-state index contributed by atoms with van der Waals surface area (Å²) in [4.78, 5) is 0. The summed E-state index contributed by atoms with van der Waals surface area (Å²) in [5, 5.41) is 6.50. The molecule has 1 aliphatic rings. The van der Waals surface area contributed by atoms with E-state index in [0.29, 0.717) is 20.1 Å². The molecule has 0 fully saturated rings. The predicted octanol–water partition coefficient (Wildman–Crippen LogP) is 5.19. The largest absolute Gasteiger partial charge is 0.0827 e. The molecule has 0 spiro atoms. The molecule has 2 aromatic rings. The van der Waals surface area contributed by atoms with Gasteiger partial charge in [0.15, 0.2) is 0 Å². The molecule has 0 radical (unpaired) electrons. The smallest absolute Gasteiger partial charge is 0.0598 e. The molecule has 4 heteroatoms. The molecule has 0 N–H and O–H groups in total. The van der Waals surface area contributed by atoms with Crippen LogP contribution in [0.4, 0.5) is 0 Å². The van der Waals surface area contributed by atoms with Crippen LogP contribution >= 0.6 is 46.4 Å². The lowest BCUT2D eigenvalue weighted by Crippen LogP contribution is -1.92. The Morgan fingerprint density at radius 3 is 0.812 bits per heavy atom. The van der Waals surface area contributed by atoms with Gasteiger partial charge in [0.05, 0.1) is 20.1 Å².